The fraction of sp³-hybridized carbons (Fsp3) is 0.105. The smallest absolute Gasteiger partial charge is 0.338 e. The van der Waals surface area contributed by atoms with Gasteiger partial charge >= 0.3 is 5.97 Å². The van der Waals surface area contributed by atoms with Crippen LogP contribution in [0.3, 0.4) is 0 Å². The maximum Gasteiger partial charge on any atom is 0.338 e. The van der Waals surface area contributed by atoms with Crippen molar-refractivity contribution in [1.29, 1.82) is 5.41 Å². The van der Waals surface area contributed by atoms with Gasteiger partial charge in [-0.3, -0.25) is 15.1 Å². The van der Waals surface area contributed by atoms with Gasteiger partial charge in [-0.2, -0.15) is 0 Å². The normalized spacial score (nSPS) is 15.6. The zero-order valence-corrected chi connectivity index (χ0v) is 15.4. The number of hydrogen-bond donors (Lipinski definition) is 1. The Morgan fingerprint density at radius 3 is 2.46 bits per heavy atom. The number of amidine groups is 1. The quantitative estimate of drug-likeness (QED) is 0.617. The van der Waals surface area contributed by atoms with E-state index in [1.54, 1.807) is 49.4 Å². The van der Waals surface area contributed by atoms with Gasteiger partial charge in [0.15, 0.2) is 5.17 Å². The molecule has 7 heteroatoms. The molecule has 26 heavy (non-hydrogen) atoms. The molecule has 0 aliphatic carbocycles. The van der Waals surface area contributed by atoms with Gasteiger partial charge in [0, 0.05) is 5.02 Å². The highest BCUT2D eigenvalue weighted by Crippen LogP contribution is 2.35. The molecular formula is C19H15ClN2O3S. The maximum absolute atomic E-state index is 12.7. The molecule has 0 unspecified atom stereocenters. The SMILES string of the molecule is CCOC(=O)c1ccc(N2C(=N)S/C(=C\c3ccc(Cl)cc3)C2=O)cc1. The second-order valence-electron chi connectivity index (χ2n) is 5.38. The van der Waals surface area contributed by atoms with Crippen LogP contribution in [0, 0.1) is 5.41 Å². The van der Waals surface area contributed by atoms with Gasteiger partial charge in [0.2, 0.25) is 0 Å². The monoisotopic (exact) mass is 386 g/mol. The summed E-state index contributed by atoms with van der Waals surface area (Å²) < 4.78 is 4.94. The van der Waals surface area contributed by atoms with Gasteiger partial charge in [0.05, 0.1) is 22.8 Å². The van der Waals surface area contributed by atoms with Crippen LogP contribution in [0.2, 0.25) is 5.02 Å². The number of carbonyl (C=O) groups excluding carboxylic acids is 2. The number of nitrogens with one attached hydrogen (secondary N) is 1. The Balaban J connectivity index is 1.83. The number of ether oxygens (including phenoxy) is 1. The Kier molecular flexibility index (Phi) is 5.44. The molecule has 2 aromatic carbocycles. The number of anilines is 1. The molecule has 1 heterocycles. The van der Waals surface area contributed by atoms with Crippen molar-refractivity contribution in [3.63, 3.8) is 0 Å². The zero-order chi connectivity index (χ0) is 18.7. The summed E-state index contributed by atoms with van der Waals surface area (Å²) in [5.74, 6) is -0.696. The van der Waals surface area contributed by atoms with Crippen molar-refractivity contribution in [2.24, 2.45) is 0 Å². The maximum atomic E-state index is 12.7. The predicted octanol–water partition coefficient (Wildman–Crippen LogP) is 4.57. The number of hydrogen-bond acceptors (Lipinski definition) is 5. The number of benzene rings is 2. The molecular weight excluding hydrogens is 372 g/mol. The van der Waals surface area contributed by atoms with Crippen molar-refractivity contribution in [3.8, 4) is 0 Å². The molecule has 5 nitrogen and oxygen atoms in total. The van der Waals surface area contributed by atoms with E-state index in [0.29, 0.717) is 27.8 Å². The summed E-state index contributed by atoms with van der Waals surface area (Å²) in [5, 5.41) is 8.85. The molecule has 2 aromatic rings. The molecule has 3 rings (SSSR count). The number of halogens is 1. The standard InChI is InChI=1S/C19H15ClN2O3S/c1-2-25-18(24)13-5-9-15(10-6-13)22-17(23)16(26-19(22)21)11-12-3-7-14(20)8-4-12/h3-11,21H,2H2,1H3/b16-11-,21-19?. The minimum Gasteiger partial charge on any atom is -0.462 e. The third-order valence-corrected chi connectivity index (χ3v) is 4.77. The number of carbonyl (C=O) groups is 2. The minimum absolute atomic E-state index is 0.110. The molecule has 1 N–H and O–H groups in total. The molecule has 0 saturated carbocycles. The van der Waals surface area contributed by atoms with E-state index in [9.17, 15) is 9.59 Å². The number of nitrogens with zero attached hydrogens (tertiary/aromatic N) is 1. The van der Waals surface area contributed by atoms with Crippen LogP contribution >= 0.6 is 23.4 Å². The lowest BCUT2D eigenvalue weighted by Crippen LogP contribution is -2.28. The summed E-state index contributed by atoms with van der Waals surface area (Å²) >= 11 is 6.96. The minimum atomic E-state index is -0.417. The van der Waals surface area contributed by atoms with E-state index < -0.39 is 5.97 Å². The fourth-order valence-electron chi connectivity index (χ4n) is 2.39. The Hall–Kier alpha value is -2.57. The Morgan fingerprint density at radius 1 is 1.19 bits per heavy atom. The summed E-state index contributed by atoms with van der Waals surface area (Å²) in [4.78, 5) is 26.2. The van der Waals surface area contributed by atoms with Gasteiger partial charge in [0.1, 0.15) is 0 Å². The van der Waals surface area contributed by atoms with E-state index in [2.05, 4.69) is 0 Å². The highest BCUT2D eigenvalue weighted by atomic mass is 35.5. The van der Waals surface area contributed by atoms with Crippen LogP contribution in [0.4, 0.5) is 5.69 Å². The lowest BCUT2D eigenvalue weighted by Gasteiger charge is -2.14. The molecule has 1 aliphatic heterocycles. The molecule has 1 aliphatic rings. The second kappa shape index (κ2) is 7.76. The third-order valence-electron chi connectivity index (χ3n) is 3.63. The van der Waals surface area contributed by atoms with Gasteiger partial charge in [0.25, 0.3) is 5.91 Å². The Bertz CT molecular complexity index is 892. The summed E-state index contributed by atoms with van der Waals surface area (Å²) in [6.45, 7) is 2.04. The van der Waals surface area contributed by atoms with Gasteiger partial charge < -0.3 is 4.74 Å². The summed E-state index contributed by atoms with van der Waals surface area (Å²) in [6.07, 6.45) is 1.73. The van der Waals surface area contributed by atoms with Gasteiger partial charge in [-0.05, 0) is 66.7 Å². The van der Waals surface area contributed by atoms with Crippen molar-refractivity contribution in [2.45, 2.75) is 6.92 Å². The van der Waals surface area contributed by atoms with Crippen LogP contribution in [0.1, 0.15) is 22.8 Å². The molecule has 0 aromatic heterocycles. The van der Waals surface area contributed by atoms with Crippen LogP contribution < -0.4 is 4.90 Å². The van der Waals surface area contributed by atoms with E-state index in [4.69, 9.17) is 21.7 Å². The van der Waals surface area contributed by atoms with Crippen molar-refractivity contribution >= 4 is 52.2 Å². The lowest BCUT2D eigenvalue weighted by atomic mass is 10.2. The number of thioether (sulfide) groups is 1. The fourth-order valence-corrected chi connectivity index (χ4v) is 3.38. The lowest BCUT2D eigenvalue weighted by molar-refractivity contribution is -0.113. The zero-order valence-electron chi connectivity index (χ0n) is 13.9. The van der Waals surface area contributed by atoms with Crippen molar-refractivity contribution in [1.82, 2.24) is 0 Å². The predicted molar refractivity (Wildman–Crippen MR) is 105 cm³/mol. The van der Waals surface area contributed by atoms with E-state index in [0.717, 1.165) is 17.3 Å². The first kappa shape index (κ1) is 18.2. The van der Waals surface area contributed by atoms with Crippen LogP contribution in [-0.4, -0.2) is 23.7 Å². The second-order valence-corrected chi connectivity index (χ2v) is 6.84. The van der Waals surface area contributed by atoms with Crippen LogP contribution in [0.15, 0.2) is 53.4 Å². The molecule has 0 radical (unpaired) electrons. The largest absolute Gasteiger partial charge is 0.462 e. The average molecular weight is 387 g/mol. The topological polar surface area (TPSA) is 70.5 Å². The van der Waals surface area contributed by atoms with Crippen LogP contribution in [-0.2, 0) is 9.53 Å². The van der Waals surface area contributed by atoms with Crippen molar-refractivity contribution < 1.29 is 14.3 Å². The van der Waals surface area contributed by atoms with Crippen LogP contribution in [0.5, 0.6) is 0 Å². The Labute approximate surface area is 160 Å². The van der Waals surface area contributed by atoms with Crippen molar-refractivity contribution in [2.75, 3.05) is 11.5 Å². The number of amides is 1. The molecule has 0 bridgehead atoms. The summed E-state index contributed by atoms with van der Waals surface area (Å²) in [6, 6.07) is 13.5. The molecule has 0 spiro atoms. The first-order valence-corrected chi connectivity index (χ1v) is 9.04. The summed E-state index contributed by atoms with van der Waals surface area (Å²) in [5.41, 5.74) is 1.76. The van der Waals surface area contributed by atoms with Gasteiger partial charge in [-0.15, -0.1) is 0 Å². The number of rotatable bonds is 4. The molecule has 0 atom stereocenters. The molecule has 1 amide bonds. The van der Waals surface area contributed by atoms with E-state index in [1.807, 2.05) is 12.1 Å². The molecule has 1 fully saturated rings. The van der Waals surface area contributed by atoms with Crippen molar-refractivity contribution in [3.05, 3.63) is 69.6 Å². The Morgan fingerprint density at radius 2 is 1.85 bits per heavy atom. The highest BCUT2D eigenvalue weighted by molar-refractivity contribution is 8.19. The van der Waals surface area contributed by atoms with Gasteiger partial charge in [-0.25, -0.2) is 4.79 Å². The first-order valence-electron chi connectivity index (χ1n) is 7.85. The first-order chi connectivity index (χ1) is 12.5. The number of esters is 1. The van der Waals surface area contributed by atoms with E-state index in [-0.39, 0.29) is 11.1 Å². The van der Waals surface area contributed by atoms with E-state index >= 15 is 0 Å². The highest BCUT2D eigenvalue weighted by Gasteiger charge is 2.33. The third kappa shape index (κ3) is 3.81. The molecule has 1 saturated heterocycles. The molecule has 132 valence electrons. The van der Waals surface area contributed by atoms with Gasteiger partial charge in [-0.1, -0.05) is 23.7 Å². The summed E-state index contributed by atoms with van der Waals surface area (Å²) in [7, 11) is 0. The van der Waals surface area contributed by atoms with Crippen LogP contribution in [0.25, 0.3) is 6.08 Å². The average Bonchev–Trinajstić information content (AvgIpc) is 2.91. The van der Waals surface area contributed by atoms with E-state index in [1.165, 1.54) is 4.90 Å².